The van der Waals surface area contributed by atoms with Crippen LogP contribution in [-0.4, -0.2) is 60.0 Å². The fourth-order valence-electron chi connectivity index (χ4n) is 1.78. The molecule has 0 saturated heterocycles. The van der Waals surface area contributed by atoms with Gasteiger partial charge in [-0.25, -0.2) is 4.79 Å². The van der Waals surface area contributed by atoms with Crippen molar-refractivity contribution >= 4 is 22.7 Å². The summed E-state index contributed by atoms with van der Waals surface area (Å²) in [6.07, 6.45) is 0. The minimum atomic E-state index is -1.46. The first kappa shape index (κ1) is 20.3. The van der Waals surface area contributed by atoms with Crippen molar-refractivity contribution in [2.45, 2.75) is 12.7 Å². The number of hydrogen-bond acceptors (Lipinski definition) is 6. The molecule has 0 heterocycles. The summed E-state index contributed by atoms with van der Waals surface area (Å²) in [5, 5.41) is 8.91. The van der Waals surface area contributed by atoms with Crippen molar-refractivity contribution in [1.29, 1.82) is 0 Å². The number of rotatable bonds is 12. The number of carboxylic acids is 1. The smallest absolute Gasteiger partial charge is 0.335 e. The summed E-state index contributed by atoms with van der Waals surface area (Å²) >= 11 is 0. The van der Waals surface area contributed by atoms with Gasteiger partial charge in [0.15, 0.2) is 0 Å². The van der Waals surface area contributed by atoms with Crippen LogP contribution in [0, 0.1) is 0 Å². The predicted octanol–water partition coefficient (Wildman–Crippen LogP) is 1.23. The molecule has 24 heavy (non-hydrogen) atoms. The third-order valence-electron chi connectivity index (χ3n) is 2.85. The van der Waals surface area contributed by atoms with E-state index in [1.165, 1.54) is 12.1 Å². The number of carbonyl (C=O) groups excluding carboxylic acids is 1. The number of aromatic carboxylic acids is 1. The van der Waals surface area contributed by atoms with Crippen molar-refractivity contribution < 1.29 is 33.1 Å². The van der Waals surface area contributed by atoms with E-state index in [0.717, 1.165) is 0 Å². The lowest BCUT2D eigenvalue weighted by Gasteiger charge is -2.07. The Morgan fingerprint density at radius 2 is 1.83 bits per heavy atom. The molecule has 0 spiro atoms. The maximum atomic E-state index is 11.9. The fourth-order valence-corrected chi connectivity index (χ4v) is 2.78. The molecule has 8 heteroatoms. The van der Waals surface area contributed by atoms with Crippen molar-refractivity contribution in [3.63, 3.8) is 0 Å². The zero-order chi connectivity index (χ0) is 17.8. The van der Waals surface area contributed by atoms with E-state index in [4.69, 9.17) is 19.3 Å². The molecule has 1 unspecified atom stereocenters. The van der Waals surface area contributed by atoms with Gasteiger partial charge < -0.3 is 19.3 Å². The molecule has 0 fully saturated rings. The standard InChI is InChI=1S/C16H22O7S/c1-2-21-6-7-22-8-9-23-15(17)12-24(20)11-13-4-3-5-14(10-13)16(18)19/h3-5,10H,2,6-9,11-12H2,1H3,(H,18,19). The summed E-state index contributed by atoms with van der Waals surface area (Å²) in [5.41, 5.74) is 0.719. The topological polar surface area (TPSA) is 99.1 Å². The van der Waals surface area contributed by atoms with Crippen LogP contribution in [0.25, 0.3) is 0 Å². The number of ether oxygens (including phenoxy) is 3. The third kappa shape index (κ3) is 8.76. The molecule has 1 aromatic carbocycles. The van der Waals surface area contributed by atoms with Gasteiger partial charge in [0.1, 0.15) is 12.4 Å². The molecule has 0 aliphatic carbocycles. The summed E-state index contributed by atoms with van der Waals surface area (Å²) in [6.45, 7) is 3.78. The molecule has 134 valence electrons. The minimum absolute atomic E-state index is 0.0939. The van der Waals surface area contributed by atoms with E-state index < -0.39 is 22.7 Å². The second kappa shape index (κ2) is 11.7. The van der Waals surface area contributed by atoms with E-state index in [2.05, 4.69) is 0 Å². The zero-order valence-electron chi connectivity index (χ0n) is 13.6. The highest BCUT2D eigenvalue weighted by molar-refractivity contribution is 7.84. The molecule has 0 radical (unpaired) electrons. The predicted molar refractivity (Wildman–Crippen MR) is 88.4 cm³/mol. The van der Waals surface area contributed by atoms with Gasteiger partial charge in [-0.3, -0.25) is 9.00 Å². The van der Waals surface area contributed by atoms with Crippen molar-refractivity contribution in [1.82, 2.24) is 0 Å². The highest BCUT2D eigenvalue weighted by Crippen LogP contribution is 2.08. The van der Waals surface area contributed by atoms with Crippen LogP contribution < -0.4 is 0 Å². The Morgan fingerprint density at radius 3 is 2.54 bits per heavy atom. The van der Waals surface area contributed by atoms with Gasteiger partial charge in [0, 0.05) is 23.2 Å². The van der Waals surface area contributed by atoms with Crippen LogP contribution in [0.5, 0.6) is 0 Å². The lowest BCUT2D eigenvalue weighted by atomic mass is 10.1. The molecule has 7 nitrogen and oxygen atoms in total. The first-order valence-electron chi connectivity index (χ1n) is 7.51. The van der Waals surface area contributed by atoms with Crippen LogP contribution in [0.4, 0.5) is 0 Å². The maximum Gasteiger partial charge on any atom is 0.335 e. The first-order chi connectivity index (χ1) is 11.5. The number of carboxylic acid groups (broad SMARTS) is 1. The molecule has 0 bridgehead atoms. The van der Waals surface area contributed by atoms with Gasteiger partial charge in [-0.2, -0.15) is 0 Å². The molecular formula is C16H22O7S. The molecular weight excluding hydrogens is 336 g/mol. The molecule has 0 amide bonds. The van der Waals surface area contributed by atoms with E-state index in [1.54, 1.807) is 12.1 Å². The zero-order valence-corrected chi connectivity index (χ0v) is 14.4. The second-order valence-corrected chi connectivity index (χ2v) is 6.22. The van der Waals surface area contributed by atoms with Gasteiger partial charge in [0.2, 0.25) is 0 Å². The summed E-state index contributed by atoms with van der Waals surface area (Å²) in [6, 6.07) is 6.14. The third-order valence-corrected chi connectivity index (χ3v) is 4.06. The van der Waals surface area contributed by atoms with Gasteiger partial charge in [0.05, 0.1) is 25.4 Å². The number of esters is 1. The molecule has 0 aliphatic rings. The Labute approximate surface area is 143 Å². The Hall–Kier alpha value is -1.77. The van der Waals surface area contributed by atoms with Crippen LogP contribution in [0.3, 0.4) is 0 Å². The summed E-state index contributed by atoms with van der Waals surface area (Å²) in [5.74, 6) is -1.76. The van der Waals surface area contributed by atoms with Gasteiger partial charge in [-0.15, -0.1) is 0 Å². The highest BCUT2D eigenvalue weighted by atomic mass is 32.2. The molecule has 0 saturated carbocycles. The van der Waals surface area contributed by atoms with Gasteiger partial charge in [-0.1, -0.05) is 12.1 Å². The molecule has 0 aliphatic heterocycles. The van der Waals surface area contributed by atoms with Crippen molar-refractivity contribution in [3.8, 4) is 0 Å². The van der Waals surface area contributed by atoms with Crippen LogP contribution in [0.15, 0.2) is 24.3 Å². The molecule has 1 aromatic rings. The maximum absolute atomic E-state index is 11.9. The van der Waals surface area contributed by atoms with Gasteiger partial charge in [-0.05, 0) is 24.6 Å². The number of carbonyl (C=O) groups is 2. The number of hydrogen-bond donors (Lipinski definition) is 1. The largest absolute Gasteiger partial charge is 0.478 e. The van der Waals surface area contributed by atoms with Crippen molar-refractivity contribution in [2.75, 3.05) is 38.8 Å². The van der Waals surface area contributed by atoms with Crippen molar-refractivity contribution in [2.24, 2.45) is 0 Å². The Morgan fingerprint density at radius 1 is 1.12 bits per heavy atom. The Balaban J connectivity index is 2.23. The summed E-state index contributed by atoms with van der Waals surface area (Å²) in [7, 11) is -1.46. The normalized spacial score (nSPS) is 11.9. The lowest BCUT2D eigenvalue weighted by Crippen LogP contribution is -2.18. The molecule has 0 aromatic heterocycles. The average Bonchev–Trinajstić information content (AvgIpc) is 2.54. The van der Waals surface area contributed by atoms with E-state index in [0.29, 0.717) is 25.4 Å². The van der Waals surface area contributed by atoms with Gasteiger partial charge in [0.25, 0.3) is 0 Å². The first-order valence-corrected chi connectivity index (χ1v) is 9.00. The van der Waals surface area contributed by atoms with Crippen LogP contribution in [0.1, 0.15) is 22.8 Å². The highest BCUT2D eigenvalue weighted by Gasteiger charge is 2.11. The SMILES string of the molecule is CCOCCOCCOC(=O)CS(=O)Cc1cccc(C(=O)O)c1. The number of benzene rings is 1. The average molecular weight is 358 g/mol. The van der Waals surface area contributed by atoms with E-state index in [1.807, 2.05) is 6.92 Å². The minimum Gasteiger partial charge on any atom is -0.478 e. The molecule has 1 rings (SSSR count). The van der Waals surface area contributed by atoms with Crippen LogP contribution in [0.2, 0.25) is 0 Å². The monoisotopic (exact) mass is 358 g/mol. The van der Waals surface area contributed by atoms with Crippen molar-refractivity contribution in [3.05, 3.63) is 35.4 Å². The van der Waals surface area contributed by atoms with Gasteiger partial charge >= 0.3 is 11.9 Å². The lowest BCUT2D eigenvalue weighted by molar-refractivity contribution is -0.142. The van der Waals surface area contributed by atoms with E-state index >= 15 is 0 Å². The molecule has 1 atom stereocenters. The summed E-state index contributed by atoms with van der Waals surface area (Å²) < 4.78 is 27.1. The Bertz CT molecular complexity index is 559. The quantitative estimate of drug-likeness (QED) is 0.443. The second-order valence-electron chi connectivity index (χ2n) is 4.76. The summed E-state index contributed by atoms with van der Waals surface area (Å²) in [4.78, 5) is 22.4. The van der Waals surface area contributed by atoms with Crippen LogP contribution >= 0.6 is 0 Å². The van der Waals surface area contributed by atoms with E-state index in [9.17, 15) is 13.8 Å². The van der Waals surface area contributed by atoms with E-state index in [-0.39, 0.29) is 30.3 Å². The molecule has 1 N–H and O–H groups in total. The van der Waals surface area contributed by atoms with Crippen LogP contribution in [-0.2, 0) is 35.6 Å². The Kier molecular flexibility index (Phi) is 9.90. The fraction of sp³-hybridized carbons (Fsp3) is 0.500.